The summed E-state index contributed by atoms with van der Waals surface area (Å²) in [4.78, 5) is 17.5. The fourth-order valence-electron chi connectivity index (χ4n) is 4.52. The molecule has 32 heavy (non-hydrogen) atoms. The largest absolute Gasteiger partial charge is 0.493 e. The zero-order valence-electron chi connectivity index (χ0n) is 19.4. The monoisotopic (exact) mass is 433 g/mol. The Bertz CT molecular complexity index is 1050. The van der Waals surface area contributed by atoms with Crippen LogP contribution in [0.2, 0.25) is 0 Å². The van der Waals surface area contributed by atoms with E-state index in [-0.39, 0.29) is 5.91 Å². The zero-order chi connectivity index (χ0) is 22.8. The van der Waals surface area contributed by atoms with Crippen LogP contribution in [0, 0.1) is 0 Å². The Morgan fingerprint density at radius 3 is 2.44 bits per heavy atom. The highest BCUT2D eigenvalue weighted by Gasteiger charge is 2.27. The van der Waals surface area contributed by atoms with Crippen LogP contribution < -0.4 is 14.8 Å². The molecular formula is C26H31N3O3. The molecular weight excluding hydrogens is 402 g/mol. The summed E-state index contributed by atoms with van der Waals surface area (Å²) in [5.74, 6) is 1.21. The average molecular weight is 434 g/mol. The number of allylic oxidation sites excluding steroid dienone is 6. The van der Waals surface area contributed by atoms with E-state index in [9.17, 15) is 4.79 Å². The maximum Gasteiger partial charge on any atom is 0.255 e. The fourth-order valence-corrected chi connectivity index (χ4v) is 4.52. The number of ether oxygens (including phenoxy) is 2. The van der Waals surface area contributed by atoms with E-state index in [4.69, 9.17) is 9.47 Å². The summed E-state index contributed by atoms with van der Waals surface area (Å²) in [6.45, 7) is 8.26. The van der Waals surface area contributed by atoms with E-state index in [1.165, 1.54) is 0 Å². The lowest BCUT2D eigenvalue weighted by molar-refractivity contribution is -0.122. The normalized spacial score (nSPS) is 25.0. The van der Waals surface area contributed by atoms with E-state index in [1.807, 2.05) is 42.6 Å². The van der Waals surface area contributed by atoms with Crippen LogP contribution in [-0.2, 0) is 4.79 Å². The second kappa shape index (κ2) is 9.09. The second-order valence-electron chi connectivity index (χ2n) is 8.54. The minimum atomic E-state index is -0.0773. The van der Waals surface area contributed by atoms with E-state index in [0.717, 1.165) is 41.2 Å². The second-order valence-corrected chi connectivity index (χ2v) is 8.54. The molecule has 4 rings (SSSR count). The number of amides is 1. The molecule has 3 aliphatic rings. The first kappa shape index (κ1) is 22.0. The Morgan fingerprint density at radius 2 is 1.75 bits per heavy atom. The van der Waals surface area contributed by atoms with E-state index >= 15 is 0 Å². The lowest BCUT2D eigenvalue weighted by atomic mass is 10.00. The van der Waals surface area contributed by atoms with E-state index in [0.29, 0.717) is 23.6 Å². The summed E-state index contributed by atoms with van der Waals surface area (Å²) >= 11 is 0. The minimum absolute atomic E-state index is 0.0773. The molecule has 6 heteroatoms. The van der Waals surface area contributed by atoms with Gasteiger partial charge in [0.15, 0.2) is 11.5 Å². The number of nitrogens with zero attached hydrogens (tertiary/aromatic N) is 2. The predicted octanol–water partition coefficient (Wildman–Crippen LogP) is 3.85. The van der Waals surface area contributed by atoms with Gasteiger partial charge in [0, 0.05) is 37.4 Å². The Balaban J connectivity index is 1.68. The number of carbonyl (C=O) groups excluding carboxylic acids is 1. The fraction of sp³-hybridized carbons (Fsp3) is 0.346. The number of carbonyl (C=O) groups is 1. The van der Waals surface area contributed by atoms with Gasteiger partial charge >= 0.3 is 0 Å². The van der Waals surface area contributed by atoms with Gasteiger partial charge < -0.3 is 19.7 Å². The van der Waals surface area contributed by atoms with Crippen molar-refractivity contribution in [1.29, 1.82) is 0 Å². The topological polar surface area (TPSA) is 54.0 Å². The van der Waals surface area contributed by atoms with E-state index in [2.05, 4.69) is 37.1 Å². The van der Waals surface area contributed by atoms with Gasteiger partial charge in [0.1, 0.15) is 0 Å². The van der Waals surface area contributed by atoms with Crippen molar-refractivity contribution in [2.75, 3.05) is 27.3 Å². The Labute approximate surface area is 190 Å². The molecule has 1 N–H and O–H groups in total. The molecule has 0 radical (unpaired) electrons. The molecule has 168 valence electrons. The molecule has 1 amide bonds. The maximum atomic E-state index is 13.4. The van der Waals surface area contributed by atoms with Gasteiger partial charge in [-0.2, -0.15) is 0 Å². The highest BCUT2D eigenvalue weighted by atomic mass is 16.5. The van der Waals surface area contributed by atoms with Crippen molar-refractivity contribution in [3.05, 3.63) is 77.3 Å². The molecule has 1 saturated heterocycles. The van der Waals surface area contributed by atoms with Gasteiger partial charge in [-0.25, -0.2) is 0 Å². The lowest BCUT2D eigenvalue weighted by Crippen LogP contribution is -2.53. The number of rotatable bonds is 4. The van der Waals surface area contributed by atoms with Crippen molar-refractivity contribution in [2.45, 2.75) is 32.9 Å². The Morgan fingerprint density at radius 1 is 1.03 bits per heavy atom. The van der Waals surface area contributed by atoms with Crippen molar-refractivity contribution in [2.24, 2.45) is 0 Å². The number of fused-ring (bicyclic) bond motifs is 1. The van der Waals surface area contributed by atoms with Crippen molar-refractivity contribution < 1.29 is 14.3 Å². The van der Waals surface area contributed by atoms with Crippen molar-refractivity contribution in [3.63, 3.8) is 0 Å². The molecule has 0 bridgehead atoms. The number of benzene rings is 1. The maximum absolute atomic E-state index is 13.4. The number of piperazine rings is 1. The van der Waals surface area contributed by atoms with Gasteiger partial charge in [0.05, 0.1) is 25.6 Å². The number of methoxy groups -OCH3 is 2. The smallest absolute Gasteiger partial charge is 0.255 e. The van der Waals surface area contributed by atoms with Crippen LogP contribution in [0.25, 0.3) is 5.57 Å². The highest BCUT2D eigenvalue weighted by Crippen LogP contribution is 2.33. The summed E-state index contributed by atoms with van der Waals surface area (Å²) < 4.78 is 10.8. The van der Waals surface area contributed by atoms with Gasteiger partial charge in [-0.1, -0.05) is 18.2 Å². The standard InChI is InChI=1S/C26H31N3O3/c1-17-11-22(28-14-18(2)27-19(3)15-28)16-29-23(17)8-6-7-20(13-26(29)30)21-9-10-24(31-4)25(12-21)32-5/h6-13,16,18-19,27H,14-15H2,1-5H3/b7-6?,20-13?,23-8+/t18-,19+. The molecule has 0 aliphatic carbocycles. The number of hydrogen-bond acceptors (Lipinski definition) is 5. The van der Waals surface area contributed by atoms with Gasteiger partial charge in [0.2, 0.25) is 0 Å². The van der Waals surface area contributed by atoms with Crippen LogP contribution in [0.4, 0.5) is 0 Å². The van der Waals surface area contributed by atoms with Crippen LogP contribution in [0.15, 0.2) is 71.7 Å². The molecule has 3 aliphatic heterocycles. The third-order valence-corrected chi connectivity index (χ3v) is 5.98. The molecule has 3 heterocycles. The quantitative estimate of drug-likeness (QED) is 0.782. The molecule has 0 spiro atoms. The lowest BCUT2D eigenvalue weighted by Gasteiger charge is -2.40. The number of nitrogens with one attached hydrogen (secondary N) is 1. The first-order valence-electron chi connectivity index (χ1n) is 11.0. The highest BCUT2D eigenvalue weighted by molar-refractivity contribution is 6.00. The average Bonchev–Trinajstić information content (AvgIpc) is 2.76. The van der Waals surface area contributed by atoms with Gasteiger partial charge in [-0.3, -0.25) is 9.69 Å². The Hall–Kier alpha value is -3.25. The van der Waals surface area contributed by atoms with E-state index in [1.54, 1.807) is 25.2 Å². The number of hydrogen-bond donors (Lipinski definition) is 1. The predicted molar refractivity (Wildman–Crippen MR) is 127 cm³/mol. The summed E-state index contributed by atoms with van der Waals surface area (Å²) in [6, 6.07) is 6.47. The molecule has 1 aromatic rings. The van der Waals surface area contributed by atoms with Crippen LogP contribution in [0.3, 0.4) is 0 Å². The minimum Gasteiger partial charge on any atom is -0.493 e. The SMILES string of the molecule is COc1ccc(C2=CC(=O)N3C=C(N4C[C@@H](C)N[C@@H](C)C4)C=C(C)/C3=C\C=C2)cc1OC. The third-order valence-electron chi connectivity index (χ3n) is 5.98. The van der Waals surface area contributed by atoms with Crippen LogP contribution >= 0.6 is 0 Å². The summed E-state index contributed by atoms with van der Waals surface area (Å²) in [7, 11) is 3.22. The summed E-state index contributed by atoms with van der Waals surface area (Å²) in [6.07, 6.45) is 11.8. The molecule has 1 aromatic carbocycles. The van der Waals surface area contributed by atoms with Crippen molar-refractivity contribution in [1.82, 2.24) is 15.1 Å². The van der Waals surface area contributed by atoms with Crippen molar-refractivity contribution >= 4 is 11.5 Å². The first-order valence-corrected chi connectivity index (χ1v) is 11.0. The molecule has 0 unspecified atom stereocenters. The summed E-state index contributed by atoms with van der Waals surface area (Å²) in [5.41, 5.74) is 4.75. The van der Waals surface area contributed by atoms with E-state index < -0.39 is 0 Å². The molecule has 1 fully saturated rings. The molecule has 6 nitrogen and oxygen atoms in total. The van der Waals surface area contributed by atoms with Gasteiger partial charge in [-0.15, -0.1) is 0 Å². The van der Waals surface area contributed by atoms with Crippen LogP contribution in [0.5, 0.6) is 11.5 Å². The zero-order valence-corrected chi connectivity index (χ0v) is 19.4. The Kier molecular flexibility index (Phi) is 6.24. The first-order chi connectivity index (χ1) is 15.4. The van der Waals surface area contributed by atoms with Crippen LogP contribution in [-0.4, -0.2) is 55.1 Å². The van der Waals surface area contributed by atoms with Crippen molar-refractivity contribution in [3.8, 4) is 11.5 Å². The van der Waals surface area contributed by atoms with Crippen LogP contribution in [0.1, 0.15) is 26.3 Å². The molecule has 0 aromatic heterocycles. The molecule has 0 saturated carbocycles. The molecule has 2 atom stereocenters. The van der Waals surface area contributed by atoms with Gasteiger partial charge in [-0.05, 0) is 61.8 Å². The summed E-state index contributed by atoms with van der Waals surface area (Å²) in [5, 5.41) is 3.56. The third kappa shape index (κ3) is 4.36. The van der Waals surface area contributed by atoms with Gasteiger partial charge in [0.25, 0.3) is 5.91 Å².